The molecule has 8 heteroatoms. The fraction of sp³-hybridized carbons (Fsp3) is 0.222. The minimum atomic E-state index is -0.322. The zero-order valence-corrected chi connectivity index (χ0v) is 14.9. The minimum absolute atomic E-state index is 0.190. The standard InChI is InChI=1S/C18H20N6O2/c1-12-4-5-14(10-13(12)2)20-18(25)19-11-17-21-22-23-24(17)15-6-8-16(26-3)9-7-15/h4-10H,11H2,1-3H3,(H2,19,20,25). The molecule has 0 saturated heterocycles. The molecule has 0 fully saturated rings. The maximum atomic E-state index is 12.1. The van der Waals surface area contributed by atoms with Gasteiger partial charge in [-0.15, -0.1) is 5.10 Å². The van der Waals surface area contributed by atoms with E-state index in [0.717, 1.165) is 22.7 Å². The number of aryl methyl sites for hydroxylation is 2. The van der Waals surface area contributed by atoms with Gasteiger partial charge in [0.1, 0.15) is 5.75 Å². The number of ether oxygens (including phenoxy) is 1. The number of urea groups is 1. The number of benzene rings is 2. The van der Waals surface area contributed by atoms with Crippen molar-refractivity contribution in [1.29, 1.82) is 0 Å². The van der Waals surface area contributed by atoms with Crippen LogP contribution in [0.3, 0.4) is 0 Å². The molecule has 8 nitrogen and oxygen atoms in total. The molecule has 2 aromatic carbocycles. The number of anilines is 1. The van der Waals surface area contributed by atoms with Gasteiger partial charge >= 0.3 is 6.03 Å². The van der Waals surface area contributed by atoms with Crippen molar-refractivity contribution in [2.45, 2.75) is 20.4 Å². The lowest BCUT2D eigenvalue weighted by Gasteiger charge is -2.09. The van der Waals surface area contributed by atoms with Gasteiger partial charge in [0, 0.05) is 5.69 Å². The summed E-state index contributed by atoms with van der Waals surface area (Å²) in [5.41, 5.74) is 3.81. The number of amides is 2. The summed E-state index contributed by atoms with van der Waals surface area (Å²) in [5.74, 6) is 1.26. The molecule has 0 spiro atoms. The Hall–Kier alpha value is -3.42. The molecule has 0 radical (unpaired) electrons. The van der Waals surface area contributed by atoms with Crippen molar-refractivity contribution in [3.05, 3.63) is 59.4 Å². The van der Waals surface area contributed by atoms with E-state index in [1.165, 1.54) is 5.56 Å². The molecule has 134 valence electrons. The van der Waals surface area contributed by atoms with Gasteiger partial charge in [-0.25, -0.2) is 4.79 Å². The molecule has 2 N–H and O–H groups in total. The Labute approximate surface area is 151 Å². The molecule has 0 aliphatic rings. The summed E-state index contributed by atoms with van der Waals surface area (Å²) in [6.45, 7) is 4.22. The first-order valence-corrected chi connectivity index (χ1v) is 8.10. The normalized spacial score (nSPS) is 10.4. The first kappa shape index (κ1) is 17.4. The van der Waals surface area contributed by atoms with E-state index in [1.807, 2.05) is 56.3 Å². The number of carbonyl (C=O) groups is 1. The fourth-order valence-electron chi connectivity index (χ4n) is 2.39. The number of hydrogen-bond donors (Lipinski definition) is 2. The molecular weight excluding hydrogens is 332 g/mol. The Morgan fingerprint density at radius 1 is 1.12 bits per heavy atom. The van der Waals surface area contributed by atoms with Gasteiger partial charge in [-0.1, -0.05) is 6.07 Å². The molecule has 0 unspecified atom stereocenters. The van der Waals surface area contributed by atoms with Gasteiger partial charge < -0.3 is 15.4 Å². The van der Waals surface area contributed by atoms with E-state index in [2.05, 4.69) is 26.2 Å². The van der Waals surface area contributed by atoms with Crippen molar-refractivity contribution < 1.29 is 9.53 Å². The summed E-state index contributed by atoms with van der Waals surface area (Å²) in [7, 11) is 1.61. The van der Waals surface area contributed by atoms with Crippen LogP contribution in [0.5, 0.6) is 5.75 Å². The average molecular weight is 352 g/mol. The van der Waals surface area contributed by atoms with Crippen molar-refractivity contribution >= 4 is 11.7 Å². The molecule has 3 aromatic rings. The molecule has 1 aromatic heterocycles. The highest BCUT2D eigenvalue weighted by Gasteiger charge is 2.10. The Balaban J connectivity index is 1.63. The number of tetrazole rings is 1. The largest absolute Gasteiger partial charge is 0.497 e. The highest BCUT2D eigenvalue weighted by atomic mass is 16.5. The summed E-state index contributed by atoms with van der Waals surface area (Å²) in [5, 5.41) is 17.2. The molecule has 0 aliphatic heterocycles. The maximum Gasteiger partial charge on any atom is 0.319 e. The van der Waals surface area contributed by atoms with Gasteiger partial charge in [0.25, 0.3) is 0 Å². The second-order valence-corrected chi connectivity index (χ2v) is 5.81. The lowest BCUT2D eigenvalue weighted by molar-refractivity contribution is 0.251. The second-order valence-electron chi connectivity index (χ2n) is 5.81. The minimum Gasteiger partial charge on any atom is -0.497 e. The third-order valence-corrected chi connectivity index (χ3v) is 4.02. The third kappa shape index (κ3) is 3.97. The van der Waals surface area contributed by atoms with Gasteiger partial charge in [-0.3, -0.25) is 0 Å². The Bertz CT molecular complexity index is 904. The van der Waals surface area contributed by atoms with Crippen LogP contribution < -0.4 is 15.4 Å². The number of aromatic nitrogens is 4. The van der Waals surface area contributed by atoms with E-state index in [-0.39, 0.29) is 12.6 Å². The van der Waals surface area contributed by atoms with Crippen LogP contribution in [-0.2, 0) is 6.54 Å². The molecule has 1 heterocycles. The van der Waals surface area contributed by atoms with Crippen LogP contribution in [0.2, 0.25) is 0 Å². The van der Waals surface area contributed by atoms with Crippen LogP contribution in [0, 0.1) is 13.8 Å². The first-order valence-electron chi connectivity index (χ1n) is 8.10. The topological polar surface area (TPSA) is 94.0 Å². The molecule has 26 heavy (non-hydrogen) atoms. The summed E-state index contributed by atoms with van der Waals surface area (Å²) < 4.78 is 6.71. The molecule has 0 atom stereocenters. The number of carbonyl (C=O) groups excluding carboxylic acids is 1. The first-order chi connectivity index (χ1) is 12.6. The van der Waals surface area contributed by atoms with E-state index >= 15 is 0 Å². The van der Waals surface area contributed by atoms with Gasteiger partial charge in [0.15, 0.2) is 5.82 Å². The molecule has 0 bridgehead atoms. The van der Waals surface area contributed by atoms with Crippen LogP contribution in [0.1, 0.15) is 17.0 Å². The SMILES string of the molecule is COc1ccc(-n2nnnc2CNC(=O)Nc2ccc(C)c(C)c2)cc1. The van der Waals surface area contributed by atoms with E-state index in [0.29, 0.717) is 5.82 Å². The van der Waals surface area contributed by atoms with E-state index in [9.17, 15) is 4.79 Å². The highest BCUT2D eigenvalue weighted by molar-refractivity contribution is 5.89. The molecule has 0 aliphatic carbocycles. The monoisotopic (exact) mass is 352 g/mol. The quantitative estimate of drug-likeness (QED) is 0.736. The van der Waals surface area contributed by atoms with Gasteiger partial charge in [0.2, 0.25) is 0 Å². The van der Waals surface area contributed by atoms with Crippen molar-refractivity contribution in [2.24, 2.45) is 0 Å². The smallest absolute Gasteiger partial charge is 0.319 e. The predicted octanol–water partition coefficient (Wildman–Crippen LogP) is 2.61. The molecule has 3 rings (SSSR count). The number of hydrogen-bond acceptors (Lipinski definition) is 5. The zero-order valence-electron chi connectivity index (χ0n) is 14.9. The summed E-state index contributed by atoms with van der Waals surface area (Å²) in [4.78, 5) is 12.1. The van der Waals surface area contributed by atoms with Crippen LogP contribution in [-0.4, -0.2) is 33.3 Å². The van der Waals surface area contributed by atoms with Gasteiger partial charge in [0.05, 0.1) is 19.3 Å². The number of nitrogens with zero attached hydrogens (tertiary/aromatic N) is 4. The van der Waals surface area contributed by atoms with E-state index in [1.54, 1.807) is 11.8 Å². The summed E-state index contributed by atoms with van der Waals surface area (Å²) >= 11 is 0. The van der Waals surface area contributed by atoms with Crippen molar-refractivity contribution in [3.8, 4) is 11.4 Å². The summed E-state index contributed by atoms with van der Waals surface area (Å²) in [6.07, 6.45) is 0. The van der Waals surface area contributed by atoms with E-state index in [4.69, 9.17) is 4.74 Å². The van der Waals surface area contributed by atoms with Crippen molar-refractivity contribution in [1.82, 2.24) is 25.5 Å². The summed E-state index contributed by atoms with van der Waals surface area (Å²) in [6, 6.07) is 12.8. The van der Waals surface area contributed by atoms with Gasteiger partial charge in [-0.05, 0) is 71.8 Å². The number of rotatable bonds is 5. The number of methoxy groups -OCH3 is 1. The lowest BCUT2D eigenvalue weighted by Crippen LogP contribution is -2.29. The Morgan fingerprint density at radius 2 is 1.88 bits per heavy atom. The molecule has 0 saturated carbocycles. The Morgan fingerprint density at radius 3 is 2.58 bits per heavy atom. The average Bonchev–Trinajstić information content (AvgIpc) is 3.12. The third-order valence-electron chi connectivity index (χ3n) is 4.02. The molecular formula is C18H20N6O2. The van der Waals surface area contributed by atoms with Crippen LogP contribution in [0.4, 0.5) is 10.5 Å². The Kier molecular flexibility index (Phi) is 5.12. The van der Waals surface area contributed by atoms with Crippen LogP contribution in [0.15, 0.2) is 42.5 Å². The second kappa shape index (κ2) is 7.64. The van der Waals surface area contributed by atoms with Crippen molar-refractivity contribution in [3.63, 3.8) is 0 Å². The fourth-order valence-corrected chi connectivity index (χ4v) is 2.39. The van der Waals surface area contributed by atoms with Gasteiger partial charge in [-0.2, -0.15) is 4.68 Å². The lowest BCUT2D eigenvalue weighted by atomic mass is 10.1. The van der Waals surface area contributed by atoms with Crippen molar-refractivity contribution in [2.75, 3.05) is 12.4 Å². The van der Waals surface area contributed by atoms with Crippen LogP contribution in [0.25, 0.3) is 5.69 Å². The zero-order chi connectivity index (χ0) is 18.5. The predicted molar refractivity (Wildman–Crippen MR) is 97.5 cm³/mol. The van der Waals surface area contributed by atoms with E-state index < -0.39 is 0 Å². The molecule has 2 amide bonds. The van der Waals surface area contributed by atoms with Crippen LogP contribution >= 0.6 is 0 Å². The number of nitrogens with one attached hydrogen (secondary N) is 2. The highest BCUT2D eigenvalue weighted by Crippen LogP contribution is 2.15. The maximum absolute atomic E-state index is 12.1.